The number of hydrogen-bond acceptors (Lipinski definition) is 6. The lowest BCUT2D eigenvalue weighted by atomic mass is 9.99. The average molecular weight is 434 g/mol. The highest BCUT2D eigenvalue weighted by atomic mass is 35.5. The monoisotopic (exact) mass is 433 g/mol. The van der Waals surface area contributed by atoms with Crippen molar-refractivity contribution in [3.8, 4) is 5.75 Å². The molecule has 1 aromatic heterocycles. The third-order valence-electron chi connectivity index (χ3n) is 4.59. The maximum absolute atomic E-state index is 12.3. The zero-order valence-corrected chi connectivity index (χ0v) is 18.3. The Kier molecular flexibility index (Phi) is 6.92. The molecule has 6 nitrogen and oxygen atoms in total. The number of ether oxygens (including phenoxy) is 1. The first-order valence-corrected chi connectivity index (χ1v) is 10.6. The molecule has 3 rings (SSSR count). The van der Waals surface area contributed by atoms with Gasteiger partial charge >= 0.3 is 0 Å². The van der Waals surface area contributed by atoms with E-state index in [1.54, 1.807) is 17.0 Å². The van der Waals surface area contributed by atoms with Gasteiger partial charge in [-0.3, -0.25) is 10.2 Å². The van der Waals surface area contributed by atoms with E-state index < -0.39 is 0 Å². The van der Waals surface area contributed by atoms with Gasteiger partial charge in [-0.15, -0.1) is 11.3 Å². The fourth-order valence-electron chi connectivity index (χ4n) is 3.06. The van der Waals surface area contributed by atoms with Crippen LogP contribution in [-0.2, 0) is 4.84 Å². The van der Waals surface area contributed by atoms with Crippen LogP contribution in [0.15, 0.2) is 35.5 Å². The van der Waals surface area contributed by atoms with E-state index >= 15 is 0 Å². The molecule has 0 bridgehead atoms. The lowest BCUT2D eigenvalue weighted by molar-refractivity contribution is 0.0720. The van der Waals surface area contributed by atoms with Crippen LogP contribution in [0.2, 0.25) is 4.34 Å². The van der Waals surface area contributed by atoms with Crippen molar-refractivity contribution >= 4 is 40.3 Å². The largest absolute Gasteiger partial charge is 0.493 e. The molecule has 0 radical (unpaired) electrons. The maximum Gasteiger partial charge on any atom is 0.172 e. The number of rotatable bonds is 8. The van der Waals surface area contributed by atoms with E-state index in [9.17, 15) is 4.79 Å². The van der Waals surface area contributed by atoms with Gasteiger partial charge < -0.3 is 14.5 Å². The Hall–Kier alpha value is -2.38. The molecular weight excluding hydrogens is 410 g/mol. The van der Waals surface area contributed by atoms with E-state index in [1.807, 2.05) is 39.2 Å². The van der Waals surface area contributed by atoms with Gasteiger partial charge in [0.25, 0.3) is 0 Å². The number of nitrogens with zero attached hydrogens (tertiary/aromatic N) is 2. The SMILES string of the molecule is CCOc1cc(C(=N)N(C)C)ccc1C1=NOC(CCC(=O)c2ccc(Cl)s2)C1. The van der Waals surface area contributed by atoms with Crippen molar-refractivity contribution in [3.05, 3.63) is 50.7 Å². The van der Waals surface area contributed by atoms with Gasteiger partial charge in [0.05, 0.1) is 21.5 Å². The fraction of sp³-hybridized carbons (Fsp3) is 0.381. The number of halogens is 1. The van der Waals surface area contributed by atoms with Crippen LogP contribution in [0.25, 0.3) is 0 Å². The van der Waals surface area contributed by atoms with Crippen LogP contribution in [-0.4, -0.2) is 49.0 Å². The summed E-state index contributed by atoms with van der Waals surface area (Å²) < 4.78 is 6.41. The third kappa shape index (κ3) is 5.16. The van der Waals surface area contributed by atoms with Crippen molar-refractivity contribution in [2.45, 2.75) is 32.3 Å². The Balaban J connectivity index is 1.65. The zero-order valence-electron chi connectivity index (χ0n) is 16.7. The van der Waals surface area contributed by atoms with Gasteiger partial charge in [0.1, 0.15) is 17.7 Å². The molecule has 154 valence electrons. The standard InChI is InChI=1S/C21H24ClN3O3S/c1-4-27-18-11-13(21(23)25(2)3)5-7-15(18)16-12-14(28-24-16)6-8-17(26)19-9-10-20(22)29-19/h5,7,9-11,14,23H,4,6,8,12H2,1-3H3. The molecule has 1 atom stereocenters. The van der Waals surface area contributed by atoms with E-state index in [1.165, 1.54) is 11.3 Å². The number of thiophene rings is 1. The Morgan fingerprint density at radius 3 is 2.83 bits per heavy atom. The molecule has 1 aromatic carbocycles. The highest BCUT2D eigenvalue weighted by Gasteiger charge is 2.26. The molecule has 0 spiro atoms. The van der Waals surface area contributed by atoms with Gasteiger partial charge in [0.2, 0.25) is 0 Å². The molecule has 1 aliphatic heterocycles. The number of ketones is 1. The summed E-state index contributed by atoms with van der Waals surface area (Å²) in [6, 6.07) is 9.17. The van der Waals surface area contributed by atoms with E-state index in [4.69, 9.17) is 26.6 Å². The molecule has 2 heterocycles. The van der Waals surface area contributed by atoms with Crippen LogP contribution in [0.1, 0.15) is 47.0 Å². The molecular formula is C21H24ClN3O3S. The summed E-state index contributed by atoms with van der Waals surface area (Å²) in [6.45, 7) is 2.44. The number of carbonyl (C=O) groups is 1. The second kappa shape index (κ2) is 9.41. The molecule has 0 saturated heterocycles. The number of amidine groups is 1. The number of hydrogen-bond donors (Lipinski definition) is 1. The van der Waals surface area contributed by atoms with E-state index in [0.29, 0.717) is 46.7 Å². The van der Waals surface area contributed by atoms with Gasteiger partial charge in [-0.05, 0) is 37.6 Å². The van der Waals surface area contributed by atoms with Gasteiger partial charge in [0.15, 0.2) is 5.78 Å². The molecule has 8 heteroatoms. The molecule has 1 aliphatic rings. The van der Waals surface area contributed by atoms with Crippen LogP contribution in [0.5, 0.6) is 5.75 Å². The summed E-state index contributed by atoms with van der Waals surface area (Å²) in [5, 5.41) is 12.4. The van der Waals surface area contributed by atoms with Crippen LogP contribution in [0.4, 0.5) is 0 Å². The Labute approximate surface area is 179 Å². The summed E-state index contributed by atoms with van der Waals surface area (Å²) >= 11 is 7.20. The third-order valence-corrected chi connectivity index (χ3v) is 5.86. The first kappa shape index (κ1) is 21.3. The Morgan fingerprint density at radius 1 is 1.38 bits per heavy atom. The lowest BCUT2D eigenvalue weighted by Crippen LogP contribution is -2.22. The van der Waals surface area contributed by atoms with Crippen LogP contribution < -0.4 is 4.74 Å². The van der Waals surface area contributed by atoms with Crippen molar-refractivity contribution in [1.29, 1.82) is 5.41 Å². The normalized spacial score (nSPS) is 15.6. The maximum atomic E-state index is 12.3. The van der Waals surface area contributed by atoms with Crippen molar-refractivity contribution < 1.29 is 14.4 Å². The fourth-order valence-corrected chi connectivity index (χ4v) is 4.07. The topological polar surface area (TPSA) is 75.0 Å². The predicted octanol–water partition coefficient (Wildman–Crippen LogP) is 4.84. The minimum absolute atomic E-state index is 0.0699. The Morgan fingerprint density at radius 2 is 2.17 bits per heavy atom. The first-order valence-electron chi connectivity index (χ1n) is 9.43. The predicted molar refractivity (Wildman–Crippen MR) is 117 cm³/mol. The van der Waals surface area contributed by atoms with Crippen molar-refractivity contribution in [3.63, 3.8) is 0 Å². The van der Waals surface area contributed by atoms with Crippen molar-refractivity contribution in [2.75, 3.05) is 20.7 Å². The van der Waals surface area contributed by atoms with Gasteiger partial charge in [-0.25, -0.2) is 0 Å². The van der Waals surface area contributed by atoms with Gasteiger partial charge in [-0.2, -0.15) is 0 Å². The summed E-state index contributed by atoms with van der Waals surface area (Å²) in [5.41, 5.74) is 2.44. The number of Topliss-reactive ketones (excluding diaryl/α,β-unsaturated/α-hetero) is 1. The highest BCUT2D eigenvalue weighted by molar-refractivity contribution is 7.18. The van der Waals surface area contributed by atoms with Gasteiger partial charge in [-0.1, -0.05) is 22.8 Å². The van der Waals surface area contributed by atoms with Gasteiger partial charge in [0, 0.05) is 38.1 Å². The summed E-state index contributed by atoms with van der Waals surface area (Å²) in [6.07, 6.45) is 1.46. The number of benzene rings is 1. The molecule has 0 fully saturated rings. The molecule has 1 N–H and O–H groups in total. The van der Waals surface area contributed by atoms with Crippen LogP contribution in [0.3, 0.4) is 0 Å². The summed E-state index contributed by atoms with van der Waals surface area (Å²) in [4.78, 5) is 20.3. The number of carbonyl (C=O) groups excluding carboxylic acids is 1. The number of nitrogens with one attached hydrogen (secondary N) is 1. The number of oxime groups is 1. The first-order chi connectivity index (χ1) is 13.9. The van der Waals surface area contributed by atoms with E-state index in [-0.39, 0.29) is 11.9 Å². The second-order valence-electron chi connectivity index (χ2n) is 6.92. The second-order valence-corrected chi connectivity index (χ2v) is 8.64. The molecule has 0 amide bonds. The van der Waals surface area contributed by atoms with Crippen LogP contribution in [0, 0.1) is 5.41 Å². The average Bonchev–Trinajstić information content (AvgIpc) is 3.35. The quantitative estimate of drug-likeness (QED) is 0.367. The minimum atomic E-state index is -0.140. The highest BCUT2D eigenvalue weighted by Crippen LogP contribution is 2.29. The molecule has 1 unspecified atom stereocenters. The lowest BCUT2D eigenvalue weighted by Gasteiger charge is -2.16. The molecule has 0 saturated carbocycles. The van der Waals surface area contributed by atoms with Crippen molar-refractivity contribution in [1.82, 2.24) is 4.90 Å². The minimum Gasteiger partial charge on any atom is -0.493 e. The summed E-state index contributed by atoms with van der Waals surface area (Å²) in [5.74, 6) is 1.16. The van der Waals surface area contributed by atoms with E-state index in [2.05, 4.69) is 5.16 Å². The molecule has 2 aromatic rings. The summed E-state index contributed by atoms with van der Waals surface area (Å²) in [7, 11) is 3.67. The molecule has 0 aliphatic carbocycles. The zero-order chi connectivity index (χ0) is 21.0. The van der Waals surface area contributed by atoms with E-state index in [0.717, 1.165) is 16.8 Å². The molecule has 29 heavy (non-hydrogen) atoms. The van der Waals surface area contributed by atoms with Crippen molar-refractivity contribution in [2.24, 2.45) is 5.16 Å². The van der Waals surface area contributed by atoms with Crippen LogP contribution >= 0.6 is 22.9 Å². The smallest absolute Gasteiger partial charge is 0.172 e. The Bertz CT molecular complexity index is 939.